The molecule has 5 nitrogen and oxygen atoms in total. The van der Waals surface area contributed by atoms with E-state index in [0.29, 0.717) is 11.0 Å². The molecule has 0 spiro atoms. The highest BCUT2D eigenvalue weighted by atomic mass is 16.4. The third kappa shape index (κ3) is 4.20. The summed E-state index contributed by atoms with van der Waals surface area (Å²) in [6.45, 7) is 0. The number of anilines is 3. The van der Waals surface area contributed by atoms with E-state index in [4.69, 9.17) is 0 Å². The number of benzene rings is 3. The lowest BCUT2D eigenvalue weighted by atomic mass is 9.48. The molecule has 7 rings (SSSR count). The van der Waals surface area contributed by atoms with Gasteiger partial charge in [0.1, 0.15) is 0 Å². The summed E-state index contributed by atoms with van der Waals surface area (Å²) < 4.78 is 0. The maximum atomic E-state index is 12.6. The van der Waals surface area contributed by atoms with Crippen molar-refractivity contribution in [3.05, 3.63) is 89.5 Å². The summed E-state index contributed by atoms with van der Waals surface area (Å²) in [5, 5.41) is 15.4. The van der Waals surface area contributed by atoms with Gasteiger partial charge >= 0.3 is 5.97 Å². The van der Waals surface area contributed by atoms with E-state index >= 15 is 0 Å². The van der Waals surface area contributed by atoms with Crippen LogP contribution in [0.1, 0.15) is 64.8 Å². The lowest BCUT2D eigenvalue weighted by Crippen LogP contribution is -2.48. The van der Waals surface area contributed by atoms with Crippen LogP contribution in [0.2, 0.25) is 0 Å². The van der Waals surface area contributed by atoms with Crippen LogP contribution in [0.25, 0.3) is 0 Å². The SMILES string of the molecule is O=C(Nc1ccccc1C(=O)O)c1ccc(Nc2ccc(C34CC5CC(CC(C5)C3)C4)cc2)cc1. The third-order valence-corrected chi connectivity index (χ3v) is 8.38. The predicted molar refractivity (Wildman–Crippen MR) is 137 cm³/mol. The zero-order chi connectivity index (χ0) is 24.0. The van der Waals surface area contributed by atoms with Crippen molar-refractivity contribution in [1.29, 1.82) is 0 Å². The monoisotopic (exact) mass is 466 g/mol. The lowest BCUT2D eigenvalue weighted by Gasteiger charge is -2.57. The first kappa shape index (κ1) is 21.9. The van der Waals surface area contributed by atoms with Crippen LogP contribution in [0.3, 0.4) is 0 Å². The summed E-state index contributed by atoms with van der Waals surface area (Å²) in [6, 6.07) is 22.6. The Hall–Kier alpha value is -3.60. The van der Waals surface area contributed by atoms with Gasteiger partial charge < -0.3 is 15.7 Å². The Morgan fingerprint density at radius 1 is 0.743 bits per heavy atom. The first-order valence-corrected chi connectivity index (χ1v) is 12.6. The Balaban J connectivity index is 1.12. The second-order valence-electron chi connectivity index (χ2n) is 10.8. The minimum Gasteiger partial charge on any atom is -0.478 e. The predicted octanol–water partition coefficient (Wildman–Crippen LogP) is 6.85. The van der Waals surface area contributed by atoms with E-state index in [1.54, 1.807) is 30.3 Å². The van der Waals surface area contributed by atoms with Crippen molar-refractivity contribution in [3.8, 4) is 0 Å². The Labute approximate surface area is 205 Å². The minimum absolute atomic E-state index is 0.0659. The van der Waals surface area contributed by atoms with Crippen LogP contribution in [0, 0.1) is 17.8 Å². The van der Waals surface area contributed by atoms with Crippen molar-refractivity contribution in [2.75, 3.05) is 10.6 Å². The number of carbonyl (C=O) groups is 2. The first-order chi connectivity index (χ1) is 17.0. The summed E-state index contributed by atoms with van der Waals surface area (Å²) in [5.74, 6) is 1.40. The Bertz CT molecular complexity index is 1230. The van der Waals surface area contributed by atoms with E-state index in [2.05, 4.69) is 34.9 Å². The molecule has 4 saturated carbocycles. The smallest absolute Gasteiger partial charge is 0.337 e. The molecular weight excluding hydrogens is 436 g/mol. The molecule has 3 N–H and O–H groups in total. The number of carboxylic acid groups (broad SMARTS) is 1. The lowest BCUT2D eigenvalue weighted by molar-refractivity contribution is -0.00518. The van der Waals surface area contributed by atoms with Crippen LogP contribution in [0.15, 0.2) is 72.8 Å². The quantitative estimate of drug-likeness (QED) is 0.371. The topological polar surface area (TPSA) is 78.4 Å². The molecule has 0 unspecified atom stereocenters. The van der Waals surface area contributed by atoms with Crippen molar-refractivity contribution in [2.24, 2.45) is 17.8 Å². The molecule has 4 bridgehead atoms. The number of nitrogens with one attached hydrogen (secondary N) is 2. The molecule has 4 aliphatic rings. The maximum absolute atomic E-state index is 12.6. The average molecular weight is 467 g/mol. The maximum Gasteiger partial charge on any atom is 0.337 e. The molecule has 5 heteroatoms. The van der Waals surface area contributed by atoms with Gasteiger partial charge in [-0.3, -0.25) is 4.79 Å². The van der Waals surface area contributed by atoms with Gasteiger partial charge in [-0.05, 0) is 116 Å². The largest absolute Gasteiger partial charge is 0.478 e. The molecular formula is C30H30N2O3. The Kier molecular flexibility index (Phi) is 5.36. The van der Waals surface area contributed by atoms with Gasteiger partial charge in [-0.1, -0.05) is 24.3 Å². The van der Waals surface area contributed by atoms with Crippen LogP contribution in [-0.4, -0.2) is 17.0 Å². The van der Waals surface area contributed by atoms with Gasteiger partial charge in [-0.25, -0.2) is 4.79 Å². The highest BCUT2D eigenvalue weighted by Crippen LogP contribution is 2.60. The molecule has 0 aliphatic heterocycles. The minimum atomic E-state index is -1.07. The number of para-hydroxylation sites is 1. The third-order valence-electron chi connectivity index (χ3n) is 8.38. The highest BCUT2D eigenvalue weighted by Gasteiger charge is 2.51. The number of rotatable bonds is 6. The van der Waals surface area contributed by atoms with E-state index in [-0.39, 0.29) is 17.2 Å². The highest BCUT2D eigenvalue weighted by molar-refractivity contribution is 6.07. The summed E-state index contributed by atoms with van der Waals surface area (Å²) >= 11 is 0. The van der Waals surface area contributed by atoms with Gasteiger partial charge in [-0.2, -0.15) is 0 Å². The molecule has 0 heterocycles. The van der Waals surface area contributed by atoms with Crippen molar-refractivity contribution in [1.82, 2.24) is 0 Å². The van der Waals surface area contributed by atoms with Gasteiger partial charge in [0.15, 0.2) is 0 Å². The molecule has 178 valence electrons. The van der Waals surface area contributed by atoms with Crippen molar-refractivity contribution >= 4 is 28.9 Å². The summed E-state index contributed by atoms with van der Waals surface area (Å²) in [7, 11) is 0. The van der Waals surface area contributed by atoms with Gasteiger partial charge in [0.2, 0.25) is 0 Å². The van der Waals surface area contributed by atoms with Gasteiger partial charge in [0.25, 0.3) is 5.91 Å². The Morgan fingerprint density at radius 2 is 1.29 bits per heavy atom. The molecule has 1 amide bonds. The fraction of sp³-hybridized carbons (Fsp3) is 0.333. The van der Waals surface area contributed by atoms with Crippen LogP contribution in [-0.2, 0) is 5.41 Å². The van der Waals surface area contributed by atoms with E-state index < -0.39 is 5.97 Å². The molecule has 0 saturated heterocycles. The second-order valence-corrected chi connectivity index (χ2v) is 10.8. The standard InChI is InChI=1S/C30H30N2O3/c33-28(32-27-4-2-1-3-26(27)29(34)35)22-5-9-24(10-6-22)31-25-11-7-23(8-12-25)30-16-19-13-20(17-30)15-21(14-19)18-30/h1-12,19-21,31H,13-18H2,(H,32,33)(H,34,35). The molecule has 4 fully saturated rings. The zero-order valence-corrected chi connectivity index (χ0v) is 19.7. The van der Waals surface area contributed by atoms with Gasteiger partial charge in [-0.15, -0.1) is 0 Å². The van der Waals surface area contributed by atoms with E-state index in [0.717, 1.165) is 29.1 Å². The van der Waals surface area contributed by atoms with Gasteiger partial charge in [0.05, 0.1) is 11.3 Å². The zero-order valence-electron chi connectivity index (χ0n) is 19.7. The molecule has 35 heavy (non-hydrogen) atoms. The fourth-order valence-electron chi connectivity index (χ4n) is 7.22. The summed E-state index contributed by atoms with van der Waals surface area (Å²) in [5.41, 5.74) is 4.66. The van der Waals surface area contributed by atoms with Crippen LogP contribution < -0.4 is 10.6 Å². The van der Waals surface area contributed by atoms with Crippen molar-refractivity contribution < 1.29 is 14.7 Å². The van der Waals surface area contributed by atoms with Gasteiger partial charge in [0, 0.05) is 16.9 Å². The molecule has 0 atom stereocenters. The molecule has 3 aromatic rings. The number of aromatic carboxylic acids is 1. The average Bonchev–Trinajstić information content (AvgIpc) is 2.84. The number of hydrogen-bond acceptors (Lipinski definition) is 3. The van der Waals surface area contributed by atoms with Crippen molar-refractivity contribution in [3.63, 3.8) is 0 Å². The van der Waals surface area contributed by atoms with E-state index in [1.807, 2.05) is 12.1 Å². The normalized spacial score (nSPS) is 26.3. The number of carbonyl (C=O) groups excluding carboxylic acids is 1. The van der Waals surface area contributed by atoms with E-state index in [9.17, 15) is 14.7 Å². The first-order valence-electron chi connectivity index (χ1n) is 12.6. The number of carboxylic acids is 1. The molecule has 0 radical (unpaired) electrons. The molecule has 3 aromatic carbocycles. The van der Waals surface area contributed by atoms with E-state index in [1.165, 1.54) is 50.2 Å². The van der Waals surface area contributed by atoms with Crippen LogP contribution >= 0.6 is 0 Å². The number of amides is 1. The summed E-state index contributed by atoms with van der Waals surface area (Å²) in [4.78, 5) is 24.0. The Morgan fingerprint density at radius 3 is 1.86 bits per heavy atom. The second kappa shape index (κ2) is 8.56. The van der Waals surface area contributed by atoms with Crippen LogP contribution in [0.4, 0.5) is 17.1 Å². The molecule has 0 aromatic heterocycles. The van der Waals surface area contributed by atoms with Crippen LogP contribution in [0.5, 0.6) is 0 Å². The number of hydrogen-bond donors (Lipinski definition) is 3. The summed E-state index contributed by atoms with van der Waals surface area (Å²) in [6.07, 6.45) is 8.47. The molecule has 4 aliphatic carbocycles. The van der Waals surface area contributed by atoms with Crippen molar-refractivity contribution in [2.45, 2.75) is 43.9 Å². The fourth-order valence-corrected chi connectivity index (χ4v) is 7.22.